The van der Waals surface area contributed by atoms with Crippen LogP contribution in [-0.4, -0.2) is 0 Å². The molecule has 0 heterocycles. The van der Waals surface area contributed by atoms with E-state index in [2.05, 4.69) is 30.3 Å². The second-order valence-corrected chi connectivity index (χ2v) is 5.46. The predicted octanol–water partition coefficient (Wildman–Crippen LogP) is 5.74. The minimum Gasteiger partial charge on any atom is -0.207 e. The molecule has 0 N–H and O–H groups in total. The number of rotatable bonds is 3. The van der Waals surface area contributed by atoms with E-state index in [0.29, 0.717) is 0 Å². The molecule has 0 radical (unpaired) electrons. The average Bonchev–Trinajstić information content (AvgIpc) is 2.49. The van der Waals surface area contributed by atoms with Crippen LogP contribution in [0.25, 0.3) is 16.8 Å². The Morgan fingerprint density at radius 2 is 1.55 bits per heavy atom. The van der Waals surface area contributed by atoms with E-state index in [1.54, 1.807) is 23.9 Å². The van der Waals surface area contributed by atoms with E-state index in [-0.39, 0.29) is 5.82 Å². The SMILES string of the molecule is Fc1ccc(/C=C/Sc2ccc3ccccc3c2)cc1. The molecular formula is C18H13FS. The van der Waals surface area contributed by atoms with Gasteiger partial charge < -0.3 is 0 Å². The molecule has 20 heavy (non-hydrogen) atoms. The number of hydrogen-bond donors (Lipinski definition) is 0. The first-order chi connectivity index (χ1) is 9.81. The van der Waals surface area contributed by atoms with Crippen LogP contribution in [0.2, 0.25) is 0 Å². The van der Waals surface area contributed by atoms with Crippen LogP contribution < -0.4 is 0 Å². The van der Waals surface area contributed by atoms with Crippen molar-refractivity contribution >= 4 is 28.6 Å². The van der Waals surface area contributed by atoms with Crippen LogP contribution in [0.5, 0.6) is 0 Å². The maximum Gasteiger partial charge on any atom is 0.123 e. The molecule has 3 rings (SSSR count). The van der Waals surface area contributed by atoms with Crippen molar-refractivity contribution in [2.75, 3.05) is 0 Å². The van der Waals surface area contributed by atoms with Crippen LogP contribution in [0.1, 0.15) is 5.56 Å². The van der Waals surface area contributed by atoms with Gasteiger partial charge in [-0.25, -0.2) is 4.39 Å². The minimum absolute atomic E-state index is 0.204. The lowest BCUT2D eigenvalue weighted by atomic mass is 10.1. The Labute approximate surface area is 121 Å². The van der Waals surface area contributed by atoms with Gasteiger partial charge in [0.25, 0.3) is 0 Å². The van der Waals surface area contributed by atoms with E-state index < -0.39 is 0 Å². The molecule has 3 aromatic rings. The van der Waals surface area contributed by atoms with Gasteiger partial charge in [-0.1, -0.05) is 54.2 Å². The fourth-order valence-electron chi connectivity index (χ4n) is 2.01. The van der Waals surface area contributed by atoms with Crippen molar-refractivity contribution in [1.29, 1.82) is 0 Å². The van der Waals surface area contributed by atoms with Crippen LogP contribution >= 0.6 is 11.8 Å². The number of halogens is 1. The molecule has 0 aliphatic rings. The fourth-order valence-corrected chi connectivity index (χ4v) is 2.73. The molecule has 98 valence electrons. The smallest absolute Gasteiger partial charge is 0.123 e. The zero-order valence-electron chi connectivity index (χ0n) is 10.8. The Morgan fingerprint density at radius 1 is 0.800 bits per heavy atom. The third-order valence-corrected chi connectivity index (χ3v) is 3.85. The van der Waals surface area contributed by atoms with Gasteiger partial charge in [0.05, 0.1) is 0 Å². The first-order valence-corrected chi connectivity index (χ1v) is 7.27. The van der Waals surface area contributed by atoms with Crippen LogP contribution in [0.4, 0.5) is 4.39 Å². The van der Waals surface area contributed by atoms with Gasteiger partial charge in [-0.15, -0.1) is 0 Å². The van der Waals surface area contributed by atoms with Crippen molar-refractivity contribution < 1.29 is 4.39 Å². The number of benzene rings is 3. The summed E-state index contributed by atoms with van der Waals surface area (Å²) in [5.74, 6) is -0.204. The summed E-state index contributed by atoms with van der Waals surface area (Å²) in [5.41, 5.74) is 1.000. The van der Waals surface area contributed by atoms with E-state index in [0.717, 1.165) is 5.56 Å². The van der Waals surface area contributed by atoms with Gasteiger partial charge in [0.15, 0.2) is 0 Å². The van der Waals surface area contributed by atoms with Gasteiger partial charge in [-0.05, 0) is 52.1 Å². The average molecular weight is 280 g/mol. The predicted molar refractivity (Wildman–Crippen MR) is 85.2 cm³/mol. The molecule has 0 bridgehead atoms. The van der Waals surface area contributed by atoms with Crippen LogP contribution in [0.3, 0.4) is 0 Å². The number of fused-ring (bicyclic) bond motifs is 1. The Kier molecular flexibility index (Phi) is 3.84. The Morgan fingerprint density at radius 3 is 2.35 bits per heavy atom. The highest BCUT2D eigenvalue weighted by Gasteiger charge is 1.95. The topological polar surface area (TPSA) is 0 Å². The van der Waals surface area contributed by atoms with E-state index in [9.17, 15) is 4.39 Å². The molecule has 3 aromatic carbocycles. The van der Waals surface area contributed by atoms with Crippen LogP contribution in [-0.2, 0) is 0 Å². The molecule has 0 saturated carbocycles. The molecule has 0 saturated heterocycles. The molecule has 0 unspecified atom stereocenters. The normalized spacial score (nSPS) is 11.2. The maximum atomic E-state index is 12.8. The van der Waals surface area contributed by atoms with E-state index >= 15 is 0 Å². The number of thioether (sulfide) groups is 1. The molecule has 2 heteroatoms. The lowest BCUT2D eigenvalue weighted by molar-refractivity contribution is 0.628. The molecule has 0 aliphatic heterocycles. The minimum atomic E-state index is -0.204. The molecular weight excluding hydrogens is 267 g/mol. The van der Waals surface area contributed by atoms with Gasteiger partial charge in [0, 0.05) is 4.90 Å². The second kappa shape index (κ2) is 5.93. The van der Waals surface area contributed by atoms with E-state index in [1.165, 1.54) is 27.8 Å². The van der Waals surface area contributed by atoms with E-state index in [4.69, 9.17) is 0 Å². The maximum absolute atomic E-state index is 12.8. The zero-order chi connectivity index (χ0) is 13.8. The largest absolute Gasteiger partial charge is 0.207 e. The van der Waals surface area contributed by atoms with Crippen molar-refractivity contribution in [2.45, 2.75) is 4.90 Å². The highest BCUT2D eigenvalue weighted by Crippen LogP contribution is 2.25. The Hall–Kier alpha value is -2.06. The molecule has 0 aromatic heterocycles. The summed E-state index contributed by atoms with van der Waals surface area (Å²) in [6, 6.07) is 21.2. The van der Waals surface area contributed by atoms with Crippen molar-refractivity contribution in [3.05, 3.63) is 83.5 Å². The lowest BCUT2D eigenvalue weighted by Crippen LogP contribution is -1.74. The summed E-state index contributed by atoms with van der Waals surface area (Å²) >= 11 is 1.66. The van der Waals surface area contributed by atoms with Crippen LogP contribution in [0, 0.1) is 5.82 Å². The molecule has 0 fully saturated rings. The molecule has 0 spiro atoms. The first kappa shape index (κ1) is 12.9. The van der Waals surface area contributed by atoms with Crippen molar-refractivity contribution in [2.24, 2.45) is 0 Å². The van der Waals surface area contributed by atoms with Gasteiger partial charge in [0.1, 0.15) is 5.82 Å². The molecule has 0 aliphatic carbocycles. The number of hydrogen-bond acceptors (Lipinski definition) is 1. The summed E-state index contributed by atoms with van der Waals surface area (Å²) in [5, 5.41) is 4.52. The van der Waals surface area contributed by atoms with Gasteiger partial charge in [-0.3, -0.25) is 0 Å². The highest BCUT2D eigenvalue weighted by atomic mass is 32.2. The molecule has 0 amide bonds. The standard InChI is InChI=1S/C18H13FS/c19-17-8-5-14(6-9-17)11-12-20-18-10-7-15-3-1-2-4-16(15)13-18/h1-13H/b12-11+. The zero-order valence-corrected chi connectivity index (χ0v) is 11.6. The van der Waals surface area contributed by atoms with Crippen LogP contribution in [0.15, 0.2) is 77.0 Å². The molecule has 0 atom stereocenters. The van der Waals surface area contributed by atoms with Crippen molar-refractivity contribution in [3.63, 3.8) is 0 Å². The van der Waals surface area contributed by atoms with Crippen molar-refractivity contribution in [1.82, 2.24) is 0 Å². The highest BCUT2D eigenvalue weighted by molar-refractivity contribution is 8.02. The Bertz CT molecular complexity index is 745. The third-order valence-electron chi connectivity index (χ3n) is 3.06. The fraction of sp³-hybridized carbons (Fsp3) is 0. The summed E-state index contributed by atoms with van der Waals surface area (Å²) in [6.07, 6.45) is 1.99. The summed E-state index contributed by atoms with van der Waals surface area (Å²) < 4.78 is 12.8. The summed E-state index contributed by atoms with van der Waals surface area (Å²) in [6.45, 7) is 0. The lowest BCUT2D eigenvalue weighted by Gasteiger charge is -2.00. The Balaban J connectivity index is 1.74. The summed E-state index contributed by atoms with van der Waals surface area (Å²) in [4.78, 5) is 1.20. The third kappa shape index (κ3) is 3.09. The quantitative estimate of drug-likeness (QED) is 0.551. The molecule has 0 nitrogen and oxygen atoms in total. The van der Waals surface area contributed by atoms with Gasteiger partial charge in [-0.2, -0.15) is 0 Å². The van der Waals surface area contributed by atoms with Crippen molar-refractivity contribution in [3.8, 4) is 0 Å². The second-order valence-electron chi connectivity index (χ2n) is 4.48. The first-order valence-electron chi connectivity index (χ1n) is 6.39. The monoisotopic (exact) mass is 280 g/mol. The van der Waals surface area contributed by atoms with E-state index in [1.807, 2.05) is 23.6 Å². The summed E-state index contributed by atoms with van der Waals surface area (Å²) in [7, 11) is 0. The van der Waals surface area contributed by atoms with Gasteiger partial charge in [0.2, 0.25) is 0 Å². The van der Waals surface area contributed by atoms with Gasteiger partial charge >= 0.3 is 0 Å².